The Bertz CT molecular complexity index is 1170. The van der Waals surface area contributed by atoms with E-state index in [9.17, 15) is 9.59 Å². The molecule has 0 bridgehead atoms. The van der Waals surface area contributed by atoms with E-state index in [1.165, 1.54) is 20.3 Å². The van der Waals surface area contributed by atoms with Gasteiger partial charge in [-0.2, -0.15) is 0 Å². The van der Waals surface area contributed by atoms with Crippen LogP contribution < -0.4 is 24.6 Å². The van der Waals surface area contributed by atoms with Crippen LogP contribution in [0.2, 0.25) is 0 Å². The van der Waals surface area contributed by atoms with E-state index in [-0.39, 0.29) is 23.7 Å². The highest BCUT2D eigenvalue weighted by Gasteiger charge is 2.35. The monoisotopic (exact) mass is 352 g/mol. The van der Waals surface area contributed by atoms with Gasteiger partial charge in [-0.3, -0.25) is 4.79 Å². The highest BCUT2D eigenvalue weighted by molar-refractivity contribution is 6.26. The van der Waals surface area contributed by atoms with Crippen LogP contribution in [0.4, 0.5) is 0 Å². The number of hydrogen-bond donors (Lipinski definition) is 0. The van der Waals surface area contributed by atoms with Crippen molar-refractivity contribution in [1.82, 2.24) is 0 Å². The number of hydrogen-bond acceptors (Lipinski definition) is 7. The number of fused-ring (bicyclic) bond motifs is 6. The topological polar surface area (TPSA) is 84.2 Å². The number of ketones is 1. The third kappa shape index (κ3) is 1.77. The number of carbonyl (C=O) groups excluding carboxylic acids is 1. The first-order valence-corrected chi connectivity index (χ1v) is 7.84. The molecule has 0 radical (unpaired) electrons. The summed E-state index contributed by atoms with van der Waals surface area (Å²) in [6.07, 6.45) is 0. The lowest BCUT2D eigenvalue weighted by molar-refractivity contribution is 0.104. The molecule has 5 rings (SSSR count). The van der Waals surface area contributed by atoms with Crippen LogP contribution in [-0.4, -0.2) is 26.8 Å². The molecule has 0 unspecified atom stereocenters. The van der Waals surface area contributed by atoms with Crippen molar-refractivity contribution in [2.75, 3.05) is 21.0 Å². The molecule has 2 aliphatic rings. The minimum atomic E-state index is -0.557. The maximum atomic E-state index is 13.0. The van der Waals surface area contributed by atoms with Gasteiger partial charge in [-0.05, 0) is 24.3 Å². The third-order valence-corrected chi connectivity index (χ3v) is 4.66. The molecule has 1 aliphatic heterocycles. The van der Waals surface area contributed by atoms with Crippen molar-refractivity contribution < 1.29 is 28.2 Å². The van der Waals surface area contributed by atoms with Crippen LogP contribution >= 0.6 is 0 Å². The van der Waals surface area contributed by atoms with E-state index in [1.807, 2.05) is 0 Å². The zero-order valence-electron chi connectivity index (χ0n) is 13.9. The Hall–Kier alpha value is -3.48. The summed E-state index contributed by atoms with van der Waals surface area (Å²) in [6.45, 7) is 0.0952. The lowest BCUT2D eigenvalue weighted by Crippen LogP contribution is -2.06. The number of methoxy groups -OCH3 is 2. The van der Waals surface area contributed by atoms with Gasteiger partial charge in [0.05, 0.1) is 25.2 Å². The Morgan fingerprint density at radius 3 is 2.12 bits per heavy atom. The fourth-order valence-electron chi connectivity index (χ4n) is 3.44. The van der Waals surface area contributed by atoms with E-state index < -0.39 is 5.63 Å². The smallest absolute Gasteiger partial charge is 0.344 e. The molecule has 2 heterocycles. The van der Waals surface area contributed by atoms with Gasteiger partial charge >= 0.3 is 5.63 Å². The van der Waals surface area contributed by atoms with Crippen LogP contribution in [0.5, 0.6) is 23.0 Å². The number of benzene rings is 2. The molecule has 0 N–H and O–H groups in total. The SMILES string of the molecule is COc1cc2c3c(oc(=O)c2cc1OC)-c1cc2c(cc1C3=O)OCO2. The zero-order valence-corrected chi connectivity index (χ0v) is 13.9. The van der Waals surface area contributed by atoms with Crippen molar-refractivity contribution in [1.29, 1.82) is 0 Å². The normalized spacial score (nSPS) is 13.7. The van der Waals surface area contributed by atoms with E-state index >= 15 is 0 Å². The molecule has 0 saturated heterocycles. The maximum absolute atomic E-state index is 13.0. The van der Waals surface area contributed by atoms with Crippen molar-refractivity contribution in [2.24, 2.45) is 0 Å². The first-order valence-electron chi connectivity index (χ1n) is 7.84. The number of rotatable bonds is 2. The second-order valence-electron chi connectivity index (χ2n) is 5.93. The van der Waals surface area contributed by atoms with Gasteiger partial charge in [-0.15, -0.1) is 0 Å². The van der Waals surface area contributed by atoms with Gasteiger partial charge in [-0.25, -0.2) is 4.79 Å². The van der Waals surface area contributed by atoms with Crippen LogP contribution in [0.1, 0.15) is 15.9 Å². The maximum Gasteiger partial charge on any atom is 0.344 e. The molecule has 130 valence electrons. The molecule has 0 atom stereocenters. The van der Waals surface area contributed by atoms with Crippen LogP contribution in [0.15, 0.2) is 33.5 Å². The average Bonchev–Trinajstić information content (AvgIpc) is 3.22. The molecule has 7 heteroatoms. The predicted molar refractivity (Wildman–Crippen MR) is 90.6 cm³/mol. The van der Waals surface area contributed by atoms with Crippen molar-refractivity contribution in [2.45, 2.75) is 0 Å². The van der Waals surface area contributed by atoms with Crippen LogP contribution in [0, 0.1) is 0 Å². The van der Waals surface area contributed by atoms with Gasteiger partial charge in [0, 0.05) is 16.5 Å². The Balaban J connectivity index is 1.87. The first kappa shape index (κ1) is 14.8. The van der Waals surface area contributed by atoms with Crippen LogP contribution in [0.3, 0.4) is 0 Å². The zero-order chi connectivity index (χ0) is 18.0. The van der Waals surface area contributed by atoms with Crippen molar-refractivity contribution in [3.05, 3.63) is 45.8 Å². The lowest BCUT2D eigenvalue weighted by Gasteiger charge is -2.10. The molecule has 0 fully saturated rings. The van der Waals surface area contributed by atoms with Gasteiger partial charge in [0.2, 0.25) is 6.79 Å². The largest absolute Gasteiger partial charge is 0.493 e. The number of carbonyl (C=O) groups is 1. The quantitative estimate of drug-likeness (QED) is 0.548. The Kier molecular flexibility index (Phi) is 2.86. The van der Waals surface area contributed by atoms with Gasteiger partial charge < -0.3 is 23.4 Å². The summed E-state index contributed by atoms with van der Waals surface area (Å²) in [6, 6.07) is 6.42. The minimum Gasteiger partial charge on any atom is -0.493 e. The lowest BCUT2D eigenvalue weighted by atomic mass is 10.0. The summed E-state index contributed by atoms with van der Waals surface area (Å²) < 4.78 is 26.8. The minimum absolute atomic E-state index is 0.0952. The molecule has 3 aromatic rings. The first-order chi connectivity index (χ1) is 12.6. The second kappa shape index (κ2) is 5.01. The molecular formula is C19H12O7. The molecule has 1 aromatic heterocycles. The molecular weight excluding hydrogens is 340 g/mol. The molecule has 0 saturated carbocycles. The molecule has 0 amide bonds. The van der Waals surface area contributed by atoms with E-state index in [4.69, 9.17) is 23.4 Å². The average molecular weight is 352 g/mol. The molecule has 7 nitrogen and oxygen atoms in total. The molecule has 26 heavy (non-hydrogen) atoms. The summed E-state index contributed by atoms with van der Waals surface area (Å²) >= 11 is 0. The Morgan fingerprint density at radius 1 is 0.846 bits per heavy atom. The van der Waals surface area contributed by atoms with Crippen molar-refractivity contribution in [3.63, 3.8) is 0 Å². The molecule has 0 spiro atoms. The van der Waals surface area contributed by atoms with Crippen LogP contribution in [-0.2, 0) is 0 Å². The van der Waals surface area contributed by atoms with Gasteiger partial charge in [0.25, 0.3) is 0 Å². The van der Waals surface area contributed by atoms with Crippen molar-refractivity contribution in [3.8, 4) is 34.3 Å². The van der Waals surface area contributed by atoms with Crippen molar-refractivity contribution >= 4 is 16.6 Å². The van der Waals surface area contributed by atoms with Gasteiger partial charge in [0.15, 0.2) is 34.5 Å². The summed E-state index contributed by atoms with van der Waals surface area (Å²) in [5.41, 5.74) is 0.690. The summed E-state index contributed by atoms with van der Waals surface area (Å²) in [5.74, 6) is 1.80. The van der Waals surface area contributed by atoms with E-state index in [2.05, 4.69) is 0 Å². The highest BCUT2D eigenvalue weighted by atomic mass is 16.7. The van der Waals surface area contributed by atoms with E-state index in [0.717, 1.165) is 0 Å². The predicted octanol–water partition coefficient (Wildman–Crippen LogP) is 2.75. The Labute approximate surface area is 146 Å². The second-order valence-corrected chi connectivity index (χ2v) is 5.93. The van der Waals surface area contributed by atoms with E-state index in [0.29, 0.717) is 45.1 Å². The van der Waals surface area contributed by atoms with Gasteiger partial charge in [-0.1, -0.05) is 0 Å². The summed E-state index contributed by atoms with van der Waals surface area (Å²) in [5, 5.41) is 0.708. The Morgan fingerprint density at radius 2 is 1.46 bits per heavy atom. The standard InChI is InChI=1S/C19H12O7/c1-22-12-3-8-11(6-13(12)23-2)19(21)26-18-10-5-15-14(24-7-25-15)4-9(10)17(20)16(8)18/h3-6H,7H2,1-2H3. The van der Waals surface area contributed by atoms with E-state index in [1.54, 1.807) is 18.2 Å². The third-order valence-electron chi connectivity index (χ3n) is 4.66. The molecule has 1 aliphatic carbocycles. The highest BCUT2D eigenvalue weighted by Crippen LogP contribution is 2.46. The fraction of sp³-hybridized carbons (Fsp3) is 0.158. The fourth-order valence-corrected chi connectivity index (χ4v) is 3.44. The summed E-state index contributed by atoms with van der Waals surface area (Å²) in [7, 11) is 2.96. The number of ether oxygens (including phenoxy) is 4. The van der Waals surface area contributed by atoms with Gasteiger partial charge in [0.1, 0.15) is 0 Å². The molecule has 2 aromatic carbocycles. The summed E-state index contributed by atoms with van der Waals surface area (Å²) in [4.78, 5) is 25.6. The van der Waals surface area contributed by atoms with Crippen LogP contribution in [0.25, 0.3) is 22.1 Å².